The Morgan fingerprint density at radius 3 is 2.33 bits per heavy atom. The van der Waals surface area contributed by atoms with Gasteiger partial charge in [0.05, 0.1) is 5.69 Å². The molecular formula is C35H44N8O2. The van der Waals surface area contributed by atoms with Crippen molar-refractivity contribution in [2.75, 3.05) is 57.0 Å². The number of likely N-dealkylation sites (tertiary alicyclic amines) is 1. The Labute approximate surface area is 265 Å². The minimum absolute atomic E-state index is 0.00148. The molecule has 2 aromatic carbocycles. The lowest BCUT2D eigenvalue weighted by Crippen LogP contribution is -2.49. The Balaban J connectivity index is 1.14. The number of amides is 2. The summed E-state index contributed by atoms with van der Waals surface area (Å²) in [6.45, 7) is 8.02. The molecule has 10 heteroatoms. The van der Waals surface area contributed by atoms with Gasteiger partial charge in [-0.3, -0.25) is 9.59 Å². The fourth-order valence-electron chi connectivity index (χ4n) is 6.71. The quantitative estimate of drug-likeness (QED) is 0.301. The van der Waals surface area contributed by atoms with Crippen molar-refractivity contribution in [3.8, 4) is 0 Å². The summed E-state index contributed by atoms with van der Waals surface area (Å²) in [5.41, 5.74) is 5.71. The third kappa shape index (κ3) is 6.66. The molecule has 10 nitrogen and oxygen atoms in total. The molecule has 2 aliphatic rings. The molecule has 2 fully saturated rings. The molecule has 2 aliphatic heterocycles. The second-order valence-corrected chi connectivity index (χ2v) is 12.8. The molecular weight excluding hydrogens is 564 g/mol. The monoisotopic (exact) mass is 608 g/mol. The molecule has 0 spiro atoms. The van der Waals surface area contributed by atoms with Crippen LogP contribution in [0.1, 0.15) is 54.1 Å². The number of nitrogens with zero attached hydrogens (tertiary/aromatic N) is 6. The van der Waals surface area contributed by atoms with Gasteiger partial charge in [0.1, 0.15) is 0 Å². The number of carbonyl (C=O) groups excluding carboxylic acids is 2. The Hall–Kier alpha value is -4.44. The lowest BCUT2D eigenvalue weighted by molar-refractivity contribution is -0.119. The first-order valence-electron chi connectivity index (χ1n) is 16.0. The lowest BCUT2D eigenvalue weighted by Gasteiger charge is -2.43. The van der Waals surface area contributed by atoms with Crippen LogP contribution in [0.2, 0.25) is 0 Å². The van der Waals surface area contributed by atoms with E-state index < -0.39 is 0 Å². The summed E-state index contributed by atoms with van der Waals surface area (Å²) >= 11 is 0. The maximum atomic E-state index is 13.1. The Kier molecular flexibility index (Phi) is 8.76. The number of pyridine rings is 1. The van der Waals surface area contributed by atoms with E-state index in [-0.39, 0.29) is 23.3 Å². The molecule has 4 heterocycles. The average Bonchev–Trinajstić information content (AvgIpc) is 3.47. The predicted molar refractivity (Wildman–Crippen MR) is 178 cm³/mol. The maximum Gasteiger partial charge on any atom is 0.253 e. The molecule has 6 rings (SSSR count). The van der Waals surface area contributed by atoms with Crippen molar-refractivity contribution in [1.82, 2.24) is 29.7 Å². The van der Waals surface area contributed by atoms with E-state index in [1.807, 2.05) is 53.0 Å². The van der Waals surface area contributed by atoms with Gasteiger partial charge in [-0.25, -0.2) is 4.52 Å². The number of hydrogen-bond acceptors (Lipinski definition) is 7. The maximum absolute atomic E-state index is 13.1. The minimum Gasteiger partial charge on any atom is -0.368 e. The van der Waals surface area contributed by atoms with Gasteiger partial charge in [0.25, 0.3) is 5.91 Å². The topological polar surface area (TPSA) is 98.1 Å². The third-order valence-electron chi connectivity index (χ3n) is 9.69. The standard InChI is InChI=1S/C35H44N8O2/c1-25-7-11-28(12-8-25)35(24-36-26(2)44)17-22-42(23-18-35)31-6-5-19-43-32(31)38-34(39-43)37-29-13-9-27(10-14-29)33(45)41(4)30-15-20-40(3)21-16-30/h5-14,19,30H,15-18,20-24H2,1-4H3,(H,36,44)(H,37,39). The normalized spacial score (nSPS) is 17.3. The van der Waals surface area contributed by atoms with E-state index in [1.165, 1.54) is 11.1 Å². The van der Waals surface area contributed by atoms with E-state index in [1.54, 1.807) is 6.92 Å². The first kappa shape index (κ1) is 30.6. The second-order valence-electron chi connectivity index (χ2n) is 12.8. The van der Waals surface area contributed by atoms with Crippen LogP contribution in [0.15, 0.2) is 66.9 Å². The lowest BCUT2D eigenvalue weighted by atomic mass is 9.72. The smallest absolute Gasteiger partial charge is 0.253 e. The van der Waals surface area contributed by atoms with E-state index in [2.05, 4.69) is 64.7 Å². The van der Waals surface area contributed by atoms with Crippen LogP contribution < -0.4 is 15.5 Å². The molecule has 0 bridgehead atoms. The molecule has 2 N–H and O–H groups in total. The first-order chi connectivity index (χ1) is 21.7. The van der Waals surface area contributed by atoms with Gasteiger partial charge >= 0.3 is 0 Å². The predicted octanol–water partition coefficient (Wildman–Crippen LogP) is 4.62. The molecule has 2 amide bonds. The van der Waals surface area contributed by atoms with Crippen molar-refractivity contribution < 1.29 is 9.59 Å². The summed E-state index contributed by atoms with van der Waals surface area (Å²) in [7, 11) is 4.04. The molecule has 45 heavy (non-hydrogen) atoms. The molecule has 236 valence electrons. The van der Waals surface area contributed by atoms with Crippen molar-refractivity contribution in [3.63, 3.8) is 0 Å². The molecule has 0 unspecified atom stereocenters. The summed E-state index contributed by atoms with van der Waals surface area (Å²) < 4.78 is 1.81. The van der Waals surface area contributed by atoms with E-state index in [0.29, 0.717) is 18.1 Å². The van der Waals surface area contributed by atoms with Crippen molar-refractivity contribution in [2.45, 2.75) is 51.0 Å². The van der Waals surface area contributed by atoms with Crippen LogP contribution in [0.3, 0.4) is 0 Å². The van der Waals surface area contributed by atoms with Crippen LogP contribution in [0.4, 0.5) is 17.3 Å². The zero-order valence-corrected chi connectivity index (χ0v) is 26.8. The highest BCUT2D eigenvalue weighted by Gasteiger charge is 2.37. The van der Waals surface area contributed by atoms with Crippen LogP contribution >= 0.6 is 0 Å². The van der Waals surface area contributed by atoms with E-state index in [4.69, 9.17) is 10.1 Å². The summed E-state index contributed by atoms with van der Waals surface area (Å²) in [4.78, 5) is 36.4. The molecule has 0 radical (unpaired) electrons. The fourth-order valence-corrected chi connectivity index (χ4v) is 6.71. The summed E-state index contributed by atoms with van der Waals surface area (Å²) in [6, 6.07) is 20.7. The minimum atomic E-state index is -0.114. The number of nitrogens with one attached hydrogen (secondary N) is 2. The number of rotatable bonds is 8. The van der Waals surface area contributed by atoms with E-state index in [9.17, 15) is 9.59 Å². The average molecular weight is 609 g/mol. The molecule has 2 aromatic heterocycles. The Bertz CT molecular complexity index is 1630. The molecule has 4 aromatic rings. The highest BCUT2D eigenvalue weighted by molar-refractivity contribution is 5.94. The van der Waals surface area contributed by atoms with Gasteiger partial charge in [0.15, 0.2) is 5.65 Å². The van der Waals surface area contributed by atoms with Gasteiger partial charge in [0, 0.05) is 62.5 Å². The third-order valence-corrected chi connectivity index (χ3v) is 9.69. The number of fused-ring (bicyclic) bond motifs is 1. The summed E-state index contributed by atoms with van der Waals surface area (Å²) in [5, 5.41) is 11.1. The highest BCUT2D eigenvalue weighted by atomic mass is 16.2. The van der Waals surface area contributed by atoms with Crippen LogP contribution in [0.25, 0.3) is 5.65 Å². The molecule has 2 saturated heterocycles. The fraction of sp³-hybridized carbons (Fsp3) is 0.429. The van der Waals surface area contributed by atoms with Crippen molar-refractivity contribution >= 4 is 34.8 Å². The highest BCUT2D eigenvalue weighted by Crippen LogP contribution is 2.37. The summed E-state index contributed by atoms with van der Waals surface area (Å²) in [5.74, 6) is 0.552. The van der Waals surface area contributed by atoms with Gasteiger partial charge in [-0.15, -0.1) is 5.10 Å². The van der Waals surface area contributed by atoms with Gasteiger partial charge in [0.2, 0.25) is 11.9 Å². The van der Waals surface area contributed by atoms with E-state index >= 15 is 0 Å². The van der Waals surface area contributed by atoms with Crippen LogP contribution in [0.5, 0.6) is 0 Å². The number of carbonyl (C=O) groups is 2. The van der Waals surface area contributed by atoms with Gasteiger partial charge in [-0.05, 0) is 94.7 Å². The number of aromatic nitrogens is 3. The zero-order chi connectivity index (χ0) is 31.6. The zero-order valence-electron chi connectivity index (χ0n) is 26.8. The molecule has 0 saturated carbocycles. The number of hydrogen-bond donors (Lipinski definition) is 2. The van der Waals surface area contributed by atoms with Crippen LogP contribution in [0, 0.1) is 6.92 Å². The first-order valence-corrected chi connectivity index (χ1v) is 16.0. The SMILES string of the molecule is CC(=O)NCC1(c2ccc(C)cc2)CCN(c2cccn3nc(Nc4ccc(C(=O)N(C)C5CCN(C)CC5)cc4)nc23)CC1. The number of anilines is 3. The molecule has 0 aliphatic carbocycles. The number of benzene rings is 2. The van der Waals surface area contributed by atoms with Crippen LogP contribution in [-0.2, 0) is 10.2 Å². The number of aryl methyl sites for hydroxylation is 1. The van der Waals surface area contributed by atoms with Crippen LogP contribution in [-0.4, -0.2) is 89.1 Å². The second kappa shape index (κ2) is 12.9. The Morgan fingerprint density at radius 2 is 1.67 bits per heavy atom. The van der Waals surface area contributed by atoms with Crippen molar-refractivity contribution in [2.24, 2.45) is 0 Å². The van der Waals surface area contributed by atoms with Crippen molar-refractivity contribution in [1.29, 1.82) is 0 Å². The summed E-state index contributed by atoms with van der Waals surface area (Å²) in [6.07, 6.45) is 5.74. The molecule has 0 atom stereocenters. The number of piperidine rings is 2. The van der Waals surface area contributed by atoms with Gasteiger partial charge in [-0.1, -0.05) is 29.8 Å². The van der Waals surface area contributed by atoms with Gasteiger partial charge in [-0.2, -0.15) is 4.98 Å². The van der Waals surface area contributed by atoms with Crippen molar-refractivity contribution in [3.05, 3.63) is 83.6 Å². The largest absolute Gasteiger partial charge is 0.368 e. The van der Waals surface area contributed by atoms with Gasteiger partial charge < -0.3 is 25.3 Å². The van der Waals surface area contributed by atoms with E-state index in [0.717, 1.165) is 68.9 Å². The Morgan fingerprint density at radius 1 is 0.978 bits per heavy atom.